The number of aromatic amines is 1. The van der Waals surface area contributed by atoms with Gasteiger partial charge in [-0.3, -0.25) is 19.5 Å². The van der Waals surface area contributed by atoms with Crippen molar-refractivity contribution in [1.29, 1.82) is 0 Å². The van der Waals surface area contributed by atoms with Crippen molar-refractivity contribution in [1.82, 2.24) is 25.1 Å². The molecule has 0 spiro atoms. The first-order valence-electron chi connectivity index (χ1n) is 16.9. The fourth-order valence-electron chi connectivity index (χ4n) is 7.37. The highest BCUT2D eigenvalue weighted by molar-refractivity contribution is 5.99. The predicted molar refractivity (Wildman–Crippen MR) is 185 cm³/mol. The number of aliphatic hydroxyl groups is 1. The quantitative estimate of drug-likeness (QED) is 0.292. The number of likely N-dealkylation sites (tertiary alicyclic amines) is 1. The zero-order valence-electron chi connectivity index (χ0n) is 28.5. The van der Waals surface area contributed by atoms with Crippen molar-refractivity contribution in [2.24, 2.45) is 0 Å². The average molecular weight is 629 g/mol. The molecular formula is C37H52N6O3. The van der Waals surface area contributed by atoms with Crippen molar-refractivity contribution in [3.05, 3.63) is 80.5 Å². The number of hydrogen-bond acceptors (Lipinski definition) is 7. The topological polar surface area (TPSA) is 105 Å². The highest BCUT2D eigenvalue weighted by atomic mass is 16.3. The Labute approximate surface area is 274 Å². The molecule has 1 aliphatic heterocycles. The summed E-state index contributed by atoms with van der Waals surface area (Å²) < 4.78 is 0. The Morgan fingerprint density at radius 2 is 1.78 bits per heavy atom. The number of aliphatic hydroxyl groups excluding tert-OH is 1. The highest BCUT2D eigenvalue weighted by Gasteiger charge is 2.28. The van der Waals surface area contributed by atoms with Crippen LogP contribution in [0.15, 0.2) is 41.3 Å². The fraction of sp³-hybridized carbons (Fsp3) is 0.541. The number of nitrogens with zero attached hydrogens (tertiary/aromatic N) is 4. The number of pyridine rings is 2. The summed E-state index contributed by atoms with van der Waals surface area (Å²) in [6, 6.07) is 11.3. The summed E-state index contributed by atoms with van der Waals surface area (Å²) in [4.78, 5) is 41.3. The molecule has 3 heterocycles. The maximum absolute atomic E-state index is 13.9. The van der Waals surface area contributed by atoms with E-state index in [1.807, 2.05) is 39.1 Å². The maximum Gasteiger partial charge on any atom is 0.253 e. The minimum atomic E-state index is -0.267. The summed E-state index contributed by atoms with van der Waals surface area (Å²) >= 11 is 0. The third-order valence-corrected chi connectivity index (χ3v) is 10.1. The number of carbonyl (C=O) groups is 1. The van der Waals surface area contributed by atoms with E-state index in [2.05, 4.69) is 64.2 Å². The van der Waals surface area contributed by atoms with Crippen molar-refractivity contribution in [2.75, 3.05) is 38.6 Å². The number of H-pyrrole nitrogens is 1. The van der Waals surface area contributed by atoms with Crippen LogP contribution in [0.3, 0.4) is 0 Å². The fourth-order valence-corrected chi connectivity index (χ4v) is 7.37. The van der Waals surface area contributed by atoms with E-state index >= 15 is 0 Å². The first kappa shape index (κ1) is 33.8. The Bertz CT molecular complexity index is 1560. The molecular weight excluding hydrogens is 576 g/mol. The van der Waals surface area contributed by atoms with Crippen molar-refractivity contribution >= 4 is 11.6 Å². The molecule has 9 nitrogen and oxygen atoms in total. The average Bonchev–Trinajstić information content (AvgIpc) is 3.02. The lowest BCUT2D eigenvalue weighted by atomic mass is 9.88. The number of carbonyl (C=O) groups excluding carboxylic acids is 1. The van der Waals surface area contributed by atoms with E-state index in [0.29, 0.717) is 36.3 Å². The van der Waals surface area contributed by atoms with Gasteiger partial charge in [0.15, 0.2) is 0 Å². The zero-order chi connectivity index (χ0) is 33.0. The first-order valence-corrected chi connectivity index (χ1v) is 16.9. The van der Waals surface area contributed by atoms with E-state index < -0.39 is 0 Å². The number of hydrogen-bond donors (Lipinski definition) is 3. The molecule has 2 fully saturated rings. The number of benzene rings is 1. The van der Waals surface area contributed by atoms with Gasteiger partial charge in [0.1, 0.15) is 0 Å². The molecule has 0 bridgehead atoms. The summed E-state index contributed by atoms with van der Waals surface area (Å²) in [5.74, 6) is -0.194. The number of amides is 1. The second-order valence-electron chi connectivity index (χ2n) is 13.6. The van der Waals surface area contributed by atoms with Crippen LogP contribution in [0, 0.1) is 20.8 Å². The van der Waals surface area contributed by atoms with Gasteiger partial charge in [-0.05, 0) is 128 Å². The van der Waals surface area contributed by atoms with Crippen LogP contribution >= 0.6 is 0 Å². The second-order valence-corrected chi connectivity index (χ2v) is 13.6. The standard InChI is InChI=1S/C37H52N6O3/c1-7-43(31-14-12-30(13-15-31)41(5)6)35-19-28(27-10-11-29(38-20-27)22-42-16-8-9-32(44)23-42)18-33(26(35)4)36(45)39-21-34-24(2)17-25(3)40-37(34)46/h10-11,17-20,30-32,44H,7-9,12-16,21-23H2,1-6H3,(H,39,45)(H,40,46)/t30?,31?,32-/m0/s1. The molecule has 1 aliphatic carbocycles. The molecule has 1 aromatic carbocycles. The zero-order valence-corrected chi connectivity index (χ0v) is 28.5. The molecule has 2 aromatic heterocycles. The van der Waals surface area contributed by atoms with E-state index in [1.54, 1.807) is 0 Å². The normalized spacial score (nSPS) is 20.6. The summed E-state index contributed by atoms with van der Waals surface area (Å²) in [6.45, 7) is 11.4. The van der Waals surface area contributed by atoms with Crippen LogP contribution in [0.1, 0.15) is 83.9 Å². The largest absolute Gasteiger partial charge is 0.392 e. The van der Waals surface area contributed by atoms with E-state index in [4.69, 9.17) is 4.98 Å². The summed E-state index contributed by atoms with van der Waals surface area (Å²) in [6.07, 6.45) is 8.03. The summed E-state index contributed by atoms with van der Waals surface area (Å²) in [5.41, 5.74) is 7.58. The molecule has 0 radical (unpaired) electrons. The van der Waals surface area contributed by atoms with Crippen LogP contribution in [-0.4, -0.2) is 82.7 Å². The van der Waals surface area contributed by atoms with Gasteiger partial charge in [-0.15, -0.1) is 0 Å². The van der Waals surface area contributed by atoms with Gasteiger partial charge < -0.3 is 25.2 Å². The number of aromatic nitrogens is 2. The van der Waals surface area contributed by atoms with Gasteiger partial charge in [-0.1, -0.05) is 6.07 Å². The molecule has 9 heteroatoms. The number of aryl methyl sites for hydroxylation is 2. The number of anilines is 1. The van der Waals surface area contributed by atoms with Crippen LogP contribution in [0.4, 0.5) is 5.69 Å². The van der Waals surface area contributed by atoms with Crippen molar-refractivity contribution in [2.45, 2.75) is 97.5 Å². The molecule has 1 amide bonds. The Morgan fingerprint density at radius 1 is 1.04 bits per heavy atom. The number of rotatable bonds is 10. The predicted octanol–water partition coefficient (Wildman–Crippen LogP) is 4.95. The summed E-state index contributed by atoms with van der Waals surface area (Å²) in [5, 5.41) is 13.1. The number of piperidine rings is 1. The molecule has 3 N–H and O–H groups in total. The molecule has 248 valence electrons. The molecule has 1 saturated carbocycles. The Kier molecular flexibility index (Phi) is 11.0. The van der Waals surface area contributed by atoms with E-state index in [9.17, 15) is 14.7 Å². The van der Waals surface area contributed by atoms with Gasteiger partial charge in [0.05, 0.1) is 11.8 Å². The lowest BCUT2D eigenvalue weighted by Crippen LogP contribution is -2.42. The minimum absolute atomic E-state index is 0.159. The van der Waals surface area contributed by atoms with Gasteiger partial charge in [0, 0.05) is 72.5 Å². The molecule has 5 rings (SSSR count). The third-order valence-electron chi connectivity index (χ3n) is 10.1. The molecule has 3 aromatic rings. The van der Waals surface area contributed by atoms with Crippen molar-refractivity contribution in [3.8, 4) is 11.1 Å². The monoisotopic (exact) mass is 628 g/mol. The number of nitrogens with one attached hydrogen (secondary N) is 2. The first-order chi connectivity index (χ1) is 22.0. The smallest absolute Gasteiger partial charge is 0.253 e. The van der Waals surface area contributed by atoms with Gasteiger partial charge >= 0.3 is 0 Å². The highest BCUT2D eigenvalue weighted by Crippen LogP contribution is 2.35. The van der Waals surface area contributed by atoms with E-state index in [-0.39, 0.29) is 24.1 Å². The minimum Gasteiger partial charge on any atom is -0.392 e. The van der Waals surface area contributed by atoms with Gasteiger partial charge in [-0.2, -0.15) is 0 Å². The van der Waals surface area contributed by atoms with Crippen molar-refractivity contribution in [3.63, 3.8) is 0 Å². The van der Waals surface area contributed by atoms with Gasteiger partial charge in [0.2, 0.25) is 0 Å². The third kappa shape index (κ3) is 7.88. The van der Waals surface area contributed by atoms with Crippen LogP contribution in [0.5, 0.6) is 0 Å². The van der Waals surface area contributed by atoms with Crippen LogP contribution in [-0.2, 0) is 13.1 Å². The van der Waals surface area contributed by atoms with Gasteiger partial charge in [-0.25, -0.2) is 0 Å². The van der Waals surface area contributed by atoms with E-state index in [0.717, 1.165) is 90.9 Å². The maximum atomic E-state index is 13.9. The Balaban J connectivity index is 1.45. The SMILES string of the molecule is CCN(c1cc(-c2ccc(CN3CCC[C@H](O)C3)nc2)cc(C(=O)NCc2c(C)cc(C)[nH]c2=O)c1C)C1CCC(N(C)C)CC1. The molecule has 0 unspecified atom stereocenters. The van der Waals surface area contributed by atoms with Crippen molar-refractivity contribution < 1.29 is 9.90 Å². The lowest BCUT2D eigenvalue weighted by Gasteiger charge is -2.40. The lowest BCUT2D eigenvalue weighted by molar-refractivity contribution is 0.0662. The molecule has 46 heavy (non-hydrogen) atoms. The Hall–Kier alpha value is -3.53. The van der Waals surface area contributed by atoms with Crippen LogP contribution in [0.2, 0.25) is 0 Å². The van der Waals surface area contributed by atoms with E-state index in [1.165, 1.54) is 0 Å². The van der Waals surface area contributed by atoms with Gasteiger partial charge in [0.25, 0.3) is 11.5 Å². The van der Waals surface area contributed by atoms with Crippen LogP contribution in [0.25, 0.3) is 11.1 Å². The number of β-amino-alcohol motifs (C(OH)–C–C–N with tert-alkyl or cyclic N) is 1. The molecule has 2 aliphatic rings. The summed E-state index contributed by atoms with van der Waals surface area (Å²) in [7, 11) is 4.34. The second kappa shape index (κ2) is 14.9. The van der Waals surface area contributed by atoms with Crippen LogP contribution < -0.4 is 15.8 Å². The molecule has 1 atom stereocenters. The molecule has 1 saturated heterocycles. The Morgan fingerprint density at radius 3 is 2.41 bits per heavy atom.